The number of anilines is 1. The highest BCUT2D eigenvalue weighted by Gasteiger charge is 2.20. The van der Waals surface area contributed by atoms with Gasteiger partial charge in [0.05, 0.1) is 29.7 Å². The highest BCUT2D eigenvalue weighted by atomic mass is 16.5. The summed E-state index contributed by atoms with van der Waals surface area (Å²) in [6.07, 6.45) is 0. The number of aromatic nitrogens is 2. The third kappa shape index (κ3) is 4.19. The molecule has 0 spiro atoms. The smallest absolute Gasteiger partial charge is 0.337 e. The lowest BCUT2D eigenvalue weighted by Crippen LogP contribution is -2.12. The van der Waals surface area contributed by atoms with Crippen molar-refractivity contribution in [3.05, 3.63) is 83.0 Å². The Hall–Kier alpha value is -4.44. The van der Waals surface area contributed by atoms with Gasteiger partial charge in [0.25, 0.3) is 0 Å². The number of aryl methyl sites for hydroxylation is 1. The van der Waals surface area contributed by atoms with Crippen molar-refractivity contribution in [1.82, 2.24) is 9.97 Å². The molecule has 0 bridgehead atoms. The molecule has 4 rings (SSSR count). The topological polar surface area (TPSA) is 108 Å². The molecular formula is C26H22N4O3. The van der Waals surface area contributed by atoms with Gasteiger partial charge < -0.3 is 15.2 Å². The Bertz CT molecular complexity index is 1410. The van der Waals surface area contributed by atoms with Gasteiger partial charge in [0.2, 0.25) is 0 Å². The van der Waals surface area contributed by atoms with Crippen LogP contribution in [0.1, 0.15) is 40.1 Å². The first-order valence-electron chi connectivity index (χ1n) is 10.4. The van der Waals surface area contributed by atoms with Gasteiger partial charge in [-0.1, -0.05) is 30.3 Å². The van der Waals surface area contributed by atoms with Gasteiger partial charge >= 0.3 is 5.97 Å². The van der Waals surface area contributed by atoms with E-state index in [0.717, 1.165) is 11.1 Å². The van der Waals surface area contributed by atoms with Crippen molar-refractivity contribution < 1.29 is 14.6 Å². The van der Waals surface area contributed by atoms with Crippen LogP contribution in [0.2, 0.25) is 0 Å². The summed E-state index contributed by atoms with van der Waals surface area (Å²) < 4.78 is 5.48. The molecule has 0 unspecified atom stereocenters. The number of hydrogen-bond acceptors (Lipinski definition) is 6. The predicted octanol–water partition coefficient (Wildman–Crippen LogP) is 5.36. The second kappa shape index (κ2) is 8.97. The summed E-state index contributed by atoms with van der Waals surface area (Å²) in [7, 11) is 1.57. The fourth-order valence-electron chi connectivity index (χ4n) is 3.87. The Kier molecular flexibility index (Phi) is 5.92. The van der Waals surface area contributed by atoms with Gasteiger partial charge in [0.15, 0.2) is 5.69 Å². The molecular weight excluding hydrogens is 416 g/mol. The molecule has 0 amide bonds. The highest BCUT2D eigenvalue weighted by molar-refractivity contribution is 5.94. The van der Waals surface area contributed by atoms with Gasteiger partial charge in [-0.3, -0.25) is 0 Å². The molecule has 0 aliphatic heterocycles. The van der Waals surface area contributed by atoms with E-state index in [0.29, 0.717) is 33.7 Å². The zero-order valence-corrected chi connectivity index (χ0v) is 18.5. The number of hydrogen-bond donors (Lipinski definition) is 2. The third-order valence-electron chi connectivity index (χ3n) is 5.41. The summed E-state index contributed by atoms with van der Waals surface area (Å²) in [4.78, 5) is 21.1. The number of nitriles is 1. The number of nitrogens with zero attached hydrogens (tertiary/aromatic N) is 3. The van der Waals surface area contributed by atoms with Gasteiger partial charge in [-0.15, -0.1) is 0 Å². The van der Waals surface area contributed by atoms with Crippen LogP contribution in [0.15, 0.2) is 60.7 Å². The Labute approximate surface area is 191 Å². The predicted molar refractivity (Wildman–Crippen MR) is 126 cm³/mol. The number of ether oxygens (including phenoxy) is 1. The van der Waals surface area contributed by atoms with Crippen LogP contribution in [0.5, 0.6) is 5.75 Å². The Morgan fingerprint density at radius 2 is 1.85 bits per heavy atom. The molecule has 2 N–H and O–H groups in total. The second-order valence-electron chi connectivity index (χ2n) is 7.67. The number of carboxylic acids is 1. The van der Waals surface area contributed by atoms with Crippen molar-refractivity contribution in [3.8, 4) is 23.1 Å². The molecule has 1 aromatic heterocycles. The van der Waals surface area contributed by atoms with Crippen LogP contribution in [-0.2, 0) is 0 Å². The average molecular weight is 438 g/mol. The van der Waals surface area contributed by atoms with Crippen LogP contribution >= 0.6 is 0 Å². The molecule has 4 aromatic rings. The van der Waals surface area contributed by atoms with Crippen LogP contribution in [0.25, 0.3) is 22.3 Å². The molecule has 3 aromatic carbocycles. The Morgan fingerprint density at radius 3 is 2.58 bits per heavy atom. The van der Waals surface area contributed by atoms with E-state index in [1.54, 1.807) is 31.4 Å². The van der Waals surface area contributed by atoms with Gasteiger partial charge in [0, 0.05) is 16.8 Å². The fourth-order valence-corrected chi connectivity index (χ4v) is 3.87. The van der Waals surface area contributed by atoms with Crippen molar-refractivity contribution >= 4 is 22.7 Å². The number of rotatable bonds is 6. The number of aromatic carboxylic acids is 1. The molecule has 164 valence electrons. The zero-order chi connectivity index (χ0) is 23.5. The van der Waals surface area contributed by atoms with Gasteiger partial charge in [-0.2, -0.15) is 5.26 Å². The van der Waals surface area contributed by atoms with E-state index >= 15 is 0 Å². The molecule has 1 atom stereocenters. The summed E-state index contributed by atoms with van der Waals surface area (Å²) in [5.41, 5.74) is 5.06. The monoisotopic (exact) mass is 438 g/mol. The van der Waals surface area contributed by atoms with Crippen molar-refractivity contribution in [2.45, 2.75) is 19.9 Å². The normalized spacial score (nSPS) is 11.6. The van der Waals surface area contributed by atoms with Crippen LogP contribution in [0, 0.1) is 18.3 Å². The van der Waals surface area contributed by atoms with Gasteiger partial charge in [0.1, 0.15) is 17.5 Å². The molecule has 1 heterocycles. The van der Waals surface area contributed by atoms with Crippen molar-refractivity contribution in [3.63, 3.8) is 0 Å². The first kappa shape index (κ1) is 21.8. The van der Waals surface area contributed by atoms with E-state index in [4.69, 9.17) is 9.72 Å². The second-order valence-corrected chi connectivity index (χ2v) is 7.67. The molecule has 0 aliphatic carbocycles. The van der Waals surface area contributed by atoms with Gasteiger partial charge in [-0.25, -0.2) is 14.8 Å². The van der Waals surface area contributed by atoms with E-state index in [1.807, 2.05) is 50.2 Å². The maximum atomic E-state index is 11.6. The summed E-state index contributed by atoms with van der Waals surface area (Å²) in [5, 5.41) is 22.6. The maximum Gasteiger partial charge on any atom is 0.337 e. The summed E-state index contributed by atoms with van der Waals surface area (Å²) in [5.74, 6) is -0.408. The number of benzene rings is 3. The van der Waals surface area contributed by atoms with Crippen LogP contribution in [-0.4, -0.2) is 28.2 Å². The van der Waals surface area contributed by atoms with Crippen LogP contribution in [0.4, 0.5) is 5.69 Å². The van der Waals surface area contributed by atoms with E-state index in [1.165, 1.54) is 0 Å². The largest absolute Gasteiger partial charge is 0.496 e. The van der Waals surface area contributed by atoms with E-state index in [2.05, 4.69) is 16.4 Å². The Morgan fingerprint density at radius 1 is 1.12 bits per heavy atom. The maximum absolute atomic E-state index is 11.6. The molecule has 33 heavy (non-hydrogen) atoms. The number of fused-ring (bicyclic) bond motifs is 1. The molecule has 0 fully saturated rings. The minimum Gasteiger partial charge on any atom is -0.496 e. The molecule has 7 nitrogen and oxygen atoms in total. The molecule has 0 saturated carbocycles. The third-order valence-corrected chi connectivity index (χ3v) is 5.41. The van der Waals surface area contributed by atoms with Crippen LogP contribution < -0.4 is 10.1 Å². The number of nitrogens with one attached hydrogen (secondary N) is 1. The van der Waals surface area contributed by atoms with Crippen molar-refractivity contribution in [2.75, 3.05) is 12.4 Å². The zero-order valence-electron chi connectivity index (χ0n) is 18.5. The van der Waals surface area contributed by atoms with Gasteiger partial charge in [-0.05, 0) is 49.7 Å². The number of carbonyl (C=O) groups is 1. The van der Waals surface area contributed by atoms with E-state index < -0.39 is 5.97 Å². The summed E-state index contributed by atoms with van der Waals surface area (Å²) >= 11 is 0. The number of methoxy groups -OCH3 is 1. The average Bonchev–Trinajstić information content (AvgIpc) is 2.82. The lowest BCUT2D eigenvalue weighted by molar-refractivity contribution is 0.0698. The number of para-hydroxylation sites is 2. The Balaban J connectivity index is 1.89. The molecule has 0 radical (unpaired) electrons. The summed E-state index contributed by atoms with van der Waals surface area (Å²) in [6, 6.07) is 19.9. The SMILES string of the molecule is COc1ccccc1-c1nc2c([C@@H](C)Nc3ccccc3C(=O)O)cc(C)cc2nc1C#N. The molecule has 0 saturated heterocycles. The quantitative estimate of drug-likeness (QED) is 0.417. The first-order valence-corrected chi connectivity index (χ1v) is 10.4. The summed E-state index contributed by atoms with van der Waals surface area (Å²) in [6.45, 7) is 3.89. The minimum absolute atomic E-state index is 0.189. The lowest BCUT2D eigenvalue weighted by Gasteiger charge is -2.20. The standard InChI is InChI=1S/C26H22N4O3/c1-15-12-19(16(2)28-20-10-6-4-8-17(20)26(31)32)25-21(13-15)29-22(14-27)24(30-25)18-9-5-7-11-23(18)33-3/h4-13,16,28H,1-3H3,(H,31,32)/t16-/m1/s1. The van der Waals surface area contributed by atoms with Crippen molar-refractivity contribution in [1.29, 1.82) is 5.26 Å². The molecule has 0 aliphatic rings. The number of carboxylic acid groups (broad SMARTS) is 1. The highest BCUT2D eigenvalue weighted by Crippen LogP contribution is 2.34. The van der Waals surface area contributed by atoms with Crippen molar-refractivity contribution in [2.24, 2.45) is 0 Å². The first-order chi connectivity index (χ1) is 15.9. The van der Waals surface area contributed by atoms with Crippen LogP contribution in [0.3, 0.4) is 0 Å². The van der Waals surface area contributed by atoms with E-state index in [-0.39, 0.29) is 17.3 Å². The minimum atomic E-state index is -1.00. The lowest BCUT2D eigenvalue weighted by atomic mass is 10.0. The fraction of sp³-hybridized carbons (Fsp3) is 0.154. The van der Waals surface area contributed by atoms with E-state index in [9.17, 15) is 15.2 Å². The molecule has 7 heteroatoms.